The van der Waals surface area contributed by atoms with Gasteiger partial charge in [0.1, 0.15) is 4.88 Å². The zero-order valence-electron chi connectivity index (χ0n) is 12.8. The predicted molar refractivity (Wildman–Crippen MR) is 85.3 cm³/mol. The van der Waals surface area contributed by atoms with Gasteiger partial charge in [0.25, 0.3) is 11.1 Å². The first kappa shape index (κ1) is 15.9. The molecule has 3 heterocycles. The molecule has 1 fully saturated rings. The number of carbonyl (C=O) groups is 2. The van der Waals surface area contributed by atoms with Crippen LogP contribution in [0, 0.1) is 13.8 Å². The van der Waals surface area contributed by atoms with Crippen LogP contribution in [-0.2, 0) is 4.79 Å². The highest BCUT2D eigenvalue weighted by atomic mass is 32.2. The summed E-state index contributed by atoms with van der Waals surface area (Å²) in [4.78, 5) is 30.1. The molecule has 0 saturated carbocycles. The Morgan fingerprint density at radius 2 is 2.22 bits per heavy atom. The van der Waals surface area contributed by atoms with Crippen molar-refractivity contribution < 1.29 is 14.0 Å². The summed E-state index contributed by atoms with van der Waals surface area (Å²) in [5.74, 6) is 0.128. The Bertz CT molecular complexity index is 757. The molecule has 8 nitrogen and oxygen atoms in total. The first-order chi connectivity index (χ1) is 11.0. The fraction of sp³-hybridized carbons (Fsp3) is 0.462. The third-order valence-corrected chi connectivity index (χ3v) is 5.24. The summed E-state index contributed by atoms with van der Waals surface area (Å²) in [6.45, 7) is 6.38. The van der Waals surface area contributed by atoms with Gasteiger partial charge in [-0.2, -0.15) is 0 Å². The summed E-state index contributed by atoms with van der Waals surface area (Å²) in [5.41, 5.74) is 0.838. The summed E-state index contributed by atoms with van der Waals surface area (Å²) in [6.07, 6.45) is 0. The second-order valence-electron chi connectivity index (χ2n) is 5.00. The molecule has 1 atom stereocenters. The molecule has 0 aliphatic carbocycles. The topological polar surface area (TPSA) is 101 Å². The molecule has 1 aliphatic heterocycles. The highest BCUT2D eigenvalue weighted by Gasteiger charge is 2.31. The number of urea groups is 1. The zero-order valence-corrected chi connectivity index (χ0v) is 14.5. The van der Waals surface area contributed by atoms with E-state index in [4.69, 9.17) is 4.42 Å². The highest BCUT2D eigenvalue weighted by Crippen LogP contribution is 2.31. The van der Waals surface area contributed by atoms with Crippen molar-refractivity contribution in [3.05, 3.63) is 10.7 Å². The van der Waals surface area contributed by atoms with Crippen molar-refractivity contribution in [3.8, 4) is 10.8 Å². The maximum Gasteiger partial charge on any atom is 0.324 e. The van der Waals surface area contributed by atoms with E-state index >= 15 is 0 Å². The zero-order chi connectivity index (χ0) is 16.6. The number of thiazole rings is 1. The minimum absolute atomic E-state index is 0.269. The Kier molecular flexibility index (Phi) is 4.35. The van der Waals surface area contributed by atoms with E-state index in [9.17, 15) is 9.59 Å². The third-order valence-electron chi connectivity index (χ3n) is 3.25. The molecular weight excluding hydrogens is 338 g/mol. The van der Waals surface area contributed by atoms with Crippen LogP contribution < -0.4 is 5.32 Å². The molecule has 10 heteroatoms. The number of thioether (sulfide) groups is 1. The smallest absolute Gasteiger partial charge is 0.324 e. The molecule has 0 aromatic carbocycles. The number of aromatic nitrogens is 3. The lowest BCUT2D eigenvalue weighted by molar-refractivity contribution is -0.126. The summed E-state index contributed by atoms with van der Waals surface area (Å²) in [5, 5.41) is 11.3. The van der Waals surface area contributed by atoms with Gasteiger partial charge in [-0.05, 0) is 20.8 Å². The van der Waals surface area contributed by atoms with Gasteiger partial charge in [0, 0.05) is 13.1 Å². The monoisotopic (exact) mass is 353 g/mol. The van der Waals surface area contributed by atoms with Gasteiger partial charge in [-0.15, -0.1) is 21.5 Å². The van der Waals surface area contributed by atoms with Gasteiger partial charge in [-0.25, -0.2) is 9.78 Å². The van der Waals surface area contributed by atoms with Crippen LogP contribution in [0.25, 0.3) is 10.8 Å². The molecule has 3 amide bonds. The van der Waals surface area contributed by atoms with Gasteiger partial charge in [-0.3, -0.25) is 9.69 Å². The second kappa shape index (κ2) is 6.28. The number of hydrogen-bond donors (Lipinski definition) is 1. The van der Waals surface area contributed by atoms with Crippen LogP contribution in [0.5, 0.6) is 0 Å². The van der Waals surface area contributed by atoms with Crippen molar-refractivity contribution in [2.24, 2.45) is 0 Å². The van der Waals surface area contributed by atoms with Crippen molar-refractivity contribution >= 4 is 35.0 Å². The van der Waals surface area contributed by atoms with Crippen molar-refractivity contribution in [3.63, 3.8) is 0 Å². The number of carbonyl (C=O) groups excluding carboxylic acids is 2. The van der Waals surface area contributed by atoms with Crippen molar-refractivity contribution in [2.45, 2.75) is 31.2 Å². The van der Waals surface area contributed by atoms with E-state index in [1.807, 2.05) is 13.8 Å². The van der Waals surface area contributed by atoms with Gasteiger partial charge in [-0.1, -0.05) is 11.8 Å². The molecular formula is C13H15N5O3S2. The highest BCUT2D eigenvalue weighted by molar-refractivity contribution is 8.00. The lowest BCUT2D eigenvalue weighted by Crippen LogP contribution is -2.38. The number of nitrogens with one attached hydrogen (secondary N) is 1. The Morgan fingerprint density at radius 1 is 1.43 bits per heavy atom. The molecule has 1 saturated heterocycles. The maximum atomic E-state index is 12.2. The van der Waals surface area contributed by atoms with Crippen molar-refractivity contribution in [1.82, 2.24) is 25.4 Å². The Morgan fingerprint density at radius 3 is 2.83 bits per heavy atom. The first-order valence-corrected chi connectivity index (χ1v) is 8.69. The van der Waals surface area contributed by atoms with Crippen LogP contribution in [-0.4, -0.2) is 50.4 Å². The van der Waals surface area contributed by atoms with Gasteiger partial charge in [0.2, 0.25) is 5.91 Å². The lowest BCUT2D eigenvalue weighted by atomic mass is 10.4. The third kappa shape index (κ3) is 3.22. The molecule has 0 radical (unpaired) electrons. The van der Waals surface area contributed by atoms with Crippen LogP contribution in [0.1, 0.15) is 17.6 Å². The van der Waals surface area contributed by atoms with E-state index < -0.39 is 5.25 Å². The molecule has 122 valence electrons. The fourth-order valence-electron chi connectivity index (χ4n) is 2.18. The first-order valence-electron chi connectivity index (χ1n) is 6.99. The van der Waals surface area contributed by atoms with Crippen LogP contribution in [0.2, 0.25) is 0 Å². The number of nitrogens with zero attached hydrogens (tertiary/aromatic N) is 4. The molecule has 1 aliphatic rings. The van der Waals surface area contributed by atoms with Gasteiger partial charge in [0.15, 0.2) is 0 Å². The number of hydrogen-bond acceptors (Lipinski definition) is 8. The summed E-state index contributed by atoms with van der Waals surface area (Å²) in [6, 6.07) is -0.357. The number of aryl methyl sites for hydroxylation is 2. The van der Waals surface area contributed by atoms with Crippen LogP contribution in [0.15, 0.2) is 9.64 Å². The normalized spacial score (nSPS) is 15.8. The molecule has 0 spiro atoms. The average Bonchev–Trinajstić information content (AvgIpc) is 3.19. The Hall–Kier alpha value is -1.94. The minimum atomic E-state index is -0.489. The molecule has 2 aromatic heterocycles. The van der Waals surface area contributed by atoms with E-state index in [1.54, 1.807) is 6.92 Å². The SMILES string of the molecule is Cc1nc(C)c(-c2nnc(SC(C)C(=O)N3CCNC3=O)o2)s1. The molecule has 3 rings (SSSR count). The Balaban J connectivity index is 1.70. The summed E-state index contributed by atoms with van der Waals surface area (Å²) >= 11 is 2.62. The van der Waals surface area contributed by atoms with E-state index in [0.29, 0.717) is 24.2 Å². The molecule has 1 N–H and O–H groups in total. The van der Waals surface area contributed by atoms with Gasteiger partial charge < -0.3 is 9.73 Å². The van der Waals surface area contributed by atoms with Gasteiger partial charge in [0.05, 0.1) is 16.0 Å². The second-order valence-corrected chi connectivity index (χ2v) is 7.50. The van der Waals surface area contributed by atoms with Crippen molar-refractivity contribution in [2.75, 3.05) is 13.1 Å². The quantitative estimate of drug-likeness (QED) is 0.837. The maximum absolute atomic E-state index is 12.2. The van der Waals surface area contributed by atoms with E-state index in [0.717, 1.165) is 27.3 Å². The minimum Gasteiger partial charge on any atom is -0.410 e. The number of amides is 3. The van der Waals surface area contributed by atoms with E-state index in [-0.39, 0.29) is 11.9 Å². The standard InChI is InChI=1S/C13H15N5O3S2/c1-6-9(23-8(3)15-6)10-16-17-13(21-10)22-7(2)11(19)18-5-4-14-12(18)20/h7H,4-5H2,1-3H3,(H,14,20). The summed E-state index contributed by atoms with van der Waals surface area (Å²) in [7, 11) is 0. The van der Waals surface area contributed by atoms with Crippen LogP contribution >= 0.6 is 23.1 Å². The van der Waals surface area contributed by atoms with E-state index in [1.165, 1.54) is 16.2 Å². The number of rotatable bonds is 4. The fourth-order valence-corrected chi connectivity index (χ4v) is 3.77. The van der Waals surface area contributed by atoms with Crippen LogP contribution in [0.3, 0.4) is 0 Å². The number of imide groups is 1. The van der Waals surface area contributed by atoms with Gasteiger partial charge >= 0.3 is 6.03 Å². The predicted octanol–water partition coefficient (Wildman–Crippen LogP) is 1.84. The molecule has 0 bridgehead atoms. The van der Waals surface area contributed by atoms with E-state index in [2.05, 4.69) is 20.5 Å². The lowest BCUT2D eigenvalue weighted by Gasteiger charge is -2.15. The van der Waals surface area contributed by atoms with Crippen molar-refractivity contribution in [1.29, 1.82) is 0 Å². The average molecular weight is 353 g/mol. The molecule has 1 unspecified atom stereocenters. The van der Waals surface area contributed by atoms with Crippen LogP contribution in [0.4, 0.5) is 4.79 Å². The largest absolute Gasteiger partial charge is 0.410 e. The Labute approximate surface area is 140 Å². The molecule has 2 aromatic rings. The summed E-state index contributed by atoms with van der Waals surface area (Å²) < 4.78 is 5.61. The molecule has 23 heavy (non-hydrogen) atoms.